The summed E-state index contributed by atoms with van der Waals surface area (Å²) in [4.78, 5) is 0. The predicted molar refractivity (Wildman–Crippen MR) is 161 cm³/mol. The first-order valence-corrected chi connectivity index (χ1v) is 13.5. The van der Waals surface area contributed by atoms with Crippen molar-refractivity contribution in [1.29, 1.82) is 0 Å². The van der Waals surface area contributed by atoms with Crippen LogP contribution in [0, 0.1) is 6.92 Å². The van der Waals surface area contributed by atoms with Crippen LogP contribution in [-0.2, 0) is 5.41 Å². The zero-order valence-electron chi connectivity index (χ0n) is 21.7. The molecule has 0 aliphatic heterocycles. The molecule has 8 rings (SSSR count). The Morgan fingerprint density at radius 3 is 1.85 bits per heavy atom. The summed E-state index contributed by atoms with van der Waals surface area (Å²) in [6.45, 7) is 2.15. The molecule has 0 spiro atoms. The average molecular weight is 499 g/mol. The lowest BCUT2D eigenvalue weighted by atomic mass is 9.67. The average Bonchev–Trinajstić information content (AvgIpc) is 3.52. The van der Waals surface area contributed by atoms with Crippen molar-refractivity contribution >= 4 is 21.9 Å². The highest BCUT2D eigenvalue weighted by Crippen LogP contribution is 2.57. The Morgan fingerprint density at radius 1 is 0.487 bits per heavy atom. The standard InChI is InChI=1S/C38H26O/c1-25-10-8-11-27(24-25)26-20-22-28(23-21-26)38(33-16-5-2-12-29(33)30-13-3-6-17-34(30)38)35-18-9-15-32-31-14-4-7-19-36(31)39-37(32)35/h2-24H,1H3. The largest absolute Gasteiger partial charge is 0.456 e. The molecule has 0 unspecified atom stereocenters. The van der Waals surface area contributed by atoms with E-state index in [2.05, 4.69) is 140 Å². The summed E-state index contributed by atoms with van der Waals surface area (Å²) in [5, 5.41) is 2.31. The summed E-state index contributed by atoms with van der Waals surface area (Å²) in [7, 11) is 0. The Hall–Kier alpha value is -4.88. The van der Waals surface area contributed by atoms with Crippen molar-refractivity contribution in [2.45, 2.75) is 12.3 Å². The van der Waals surface area contributed by atoms with Crippen LogP contribution in [0.1, 0.15) is 27.8 Å². The molecule has 1 aliphatic carbocycles. The minimum Gasteiger partial charge on any atom is -0.456 e. The topological polar surface area (TPSA) is 13.1 Å². The second kappa shape index (κ2) is 8.31. The molecule has 7 aromatic rings. The lowest BCUT2D eigenvalue weighted by Gasteiger charge is -2.34. The summed E-state index contributed by atoms with van der Waals surface area (Å²) in [6.07, 6.45) is 0. The molecular weight excluding hydrogens is 472 g/mol. The van der Waals surface area contributed by atoms with Gasteiger partial charge < -0.3 is 4.42 Å². The van der Waals surface area contributed by atoms with Gasteiger partial charge in [-0.25, -0.2) is 0 Å². The van der Waals surface area contributed by atoms with E-state index in [1.807, 2.05) is 6.07 Å². The molecular formula is C38H26O. The Morgan fingerprint density at radius 2 is 1.10 bits per heavy atom. The van der Waals surface area contributed by atoms with Gasteiger partial charge in [0.25, 0.3) is 0 Å². The molecule has 0 atom stereocenters. The minimum atomic E-state index is -0.508. The molecule has 0 saturated heterocycles. The van der Waals surface area contributed by atoms with Crippen LogP contribution in [-0.4, -0.2) is 0 Å². The SMILES string of the molecule is Cc1cccc(-c2ccc(C3(c4cccc5c4oc4ccccc45)c4ccccc4-c4ccccc43)cc2)c1. The maximum absolute atomic E-state index is 6.68. The molecule has 1 nitrogen and oxygen atoms in total. The number of fused-ring (bicyclic) bond motifs is 6. The highest BCUT2D eigenvalue weighted by molar-refractivity contribution is 6.07. The zero-order chi connectivity index (χ0) is 26.0. The van der Waals surface area contributed by atoms with Crippen molar-refractivity contribution in [2.75, 3.05) is 0 Å². The van der Waals surface area contributed by atoms with Crippen LogP contribution in [0.4, 0.5) is 0 Å². The second-order valence-electron chi connectivity index (χ2n) is 10.6. The molecule has 0 bridgehead atoms. The Labute approximate surface area is 228 Å². The van der Waals surface area contributed by atoms with Gasteiger partial charge in [-0.1, -0.05) is 139 Å². The summed E-state index contributed by atoms with van der Waals surface area (Å²) < 4.78 is 6.68. The van der Waals surface area contributed by atoms with Gasteiger partial charge >= 0.3 is 0 Å². The number of aryl methyl sites for hydroxylation is 1. The number of benzene rings is 6. The molecule has 184 valence electrons. The highest BCUT2D eigenvalue weighted by atomic mass is 16.3. The third-order valence-corrected chi connectivity index (χ3v) is 8.43. The summed E-state index contributed by atoms with van der Waals surface area (Å²) >= 11 is 0. The second-order valence-corrected chi connectivity index (χ2v) is 10.6. The fraction of sp³-hybridized carbons (Fsp3) is 0.0526. The van der Waals surface area contributed by atoms with E-state index in [1.165, 1.54) is 50.1 Å². The molecule has 0 saturated carbocycles. The van der Waals surface area contributed by atoms with Crippen LogP contribution in [0.2, 0.25) is 0 Å². The molecule has 0 radical (unpaired) electrons. The van der Waals surface area contributed by atoms with Gasteiger partial charge in [-0.05, 0) is 51.9 Å². The van der Waals surface area contributed by atoms with E-state index in [1.54, 1.807) is 0 Å². The van der Waals surface area contributed by atoms with Crippen LogP contribution >= 0.6 is 0 Å². The number of para-hydroxylation sites is 2. The number of hydrogen-bond acceptors (Lipinski definition) is 1. The van der Waals surface area contributed by atoms with E-state index in [4.69, 9.17) is 4.42 Å². The van der Waals surface area contributed by atoms with E-state index in [-0.39, 0.29) is 0 Å². The lowest BCUT2D eigenvalue weighted by molar-refractivity contribution is 0.648. The van der Waals surface area contributed by atoms with E-state index >= 15 is 0 Å². The van der Waals surface area contributed by atoms with E-state index in [0.29, 0.717) is 0 Å². The van der Waals surface area contributed by atoms with E-state index in [9.17, 15) is 0 Å². The fourth-order valence-corrected chi connectivity index (χ4v) is 6.77. The molecule has 1 heterocycles. The Bertz CT molecular complexity index is 1980. The zero-order valence-corrected chi connectivity index (χ0v) is 21.7. The number of furan rings is 1. The smallest absolute Gasteiger partial charge is 0.140 e. The molecule has 0 N–H and O–H groups in total. The highest BCUT2D eigenvalue weighted by Gasteiger charge is 2.47. The van der Waals surface area contributed by atoms with Gasteiger partial charge in [-0.2, -0.15) is 0 Å². The predicted octanol–water partition coefficient (Wildman–Crippen LogP) is 9.92. The van der Waals surface area contributed by atoms with Crippen LogP contribution in [0.15, 0.2) is 144 Å². The lowest BCUT2D eigenvalue weighted by Crippen LogP contribution is -2.28. The molecule has 39 heavy (non-hydrogen) atoms. The van der Waals surface area contributed by atoms with E-state index in [0.717, 1.165) is 21.9 Å². The van der Waals surface area contributed by atoms with Crippen LogP contribution in [0.25, 0.3) is 44.2 Å². The van der Waals surface area contributed by atoms with Gasteiger partial charge in [0.2, 0.25) is 0 Å². The molecule has 1 heteroatoms. The van der Waals surface area contributed by atoms with Crippen molar-refractivity contribution < 1.29 is 4.42 Å². The van der Waals surface area contributed by atoms with Crippen LogP contribution < -0.4 is 0 Å². The van der Waals surface area contributed by atoms with Crippen LogP contribution in [0.5, 0.6) is 0 Å². The Balaban J connectivity index is 1.48. The number of rotatable bonds is 3. The van der Waals surface area contributed by atoms with Crippen molar-refractivity contribution in [3.8, 4) is 22.3 Å². The maximum atomic E-state index is 6.68. The molecule has 1 aromatic heterocycles. The number of hydrogen-bond donors (Lipinski definition) is 0. The first-order chi connectivity index (χ1) is 19.2. The monoisotopic (exact) mass is 498 g/mol. The molecule has 1 aliphatic rings. The van der Waals surface area contributed by atoms with Gasteiger partial charge in [-0.3, -0.25) is 0 Å². The quantitative estimate of drug-likeness (QED) is 0.236. The van der Waals surface area contributed by atoms with Gasteiger partial charge in [0, 0.05) is 16.3 Å². The van der Waals surface area contributed by atoms with Gasteiger partial charge in [0.05, 0.1) is 5.41 Å². The third kappa shape index (κ3) is 3.08. The maximum Gasteiger partial charge on any atom is 0.140 e. The van der Waals surface area contributed by atoms with Gasteiger partial charge in [0.1, 0.15) is 11.2 Å². The molecule has 6 aromatic carbocycles. The summed E-state index contributed by atoms with van der Waals surface area (Å²) in [6, 6.07) is 50.6. The summed E-state index contributed by atoms with van der Waals surface area (Å²) in [5.74, 6) is 0. The fourth-order valence-electron chi connectivity index (χ4n) is 6.77. The third-order valence-electron chi connectivity index (χ3n) is 8.43. The van der Waals surface area contributed by atoms with Crippen LogP contribution in [0.3, 0.4) is 0 Å². The first kappa shape index (κ1) is 22.1. The Kier molecular flexibility index (Phi) is 4.72. The minimum absolute atomic E-state index is 0.508. The first-order valence-electron chi connectivity index (χ1n) is 13.5. The van der Waals surface area contributed by atoms with Gasteiger partial charge in [0.15, 0.2) is 0 Å². The van der Waals surface area contributed by atoms with Crippen molar-refractivity contribution in [3.05, 3.63) is 167 Å². The van der Waals surface area contributed by atoms with Crippen molar-refractivity contribution in [2.24, 2.45) is 0 Å². The van der Waals surface area contributed by atoms with Crippen molar-refractivity contribution in [3.63, 3.8) is 0 Å². The summed E-state index contributed by atoms with van der Waals surface area (Å²) in [5.41, 5.74) is 12.7. The van der Waals surface area contributed by atoms with Crippen molar-refractivity contribution in [1.82, 2.24) is 0 Å². The van der Waals surface area contributed by atoms with Gasteiger partial charge in [-0.15, -0.1) is 0 Å². The normalized spacial score (nSPS) is 13.5. The molecule has 0 amide bonds. The van der Waals surface area contributed by atoms with E-state index < -0.39 is 5.41 Å². The molecule has 0 fully saturated rings.